The zero-order valence-corrected chi connectivity index (χ0v) is 14.9. The summed E-state index contributed by atoms with van der Waals surface area (Å²) in [7, 11) is 0. The molecule has 0 radical (unpaired) electrons. The molecule has 0 amide bonds. The van der Waals surface area contributed by atoms with Gasteiger partial charge in [0.15, 0.2) is 5.82 Å². The van der Waals surface area contributed by atoms with Crippen molar-refractivity contribution in [3.63, 3.8) is 0 Å². The SMILES string of the molecule is CC1(C)C[C@H](Nc2nc(NCCc3ncon3)ncc2C#N)CC[C@@H]1O. The fraction of sp³-hybridized carbons (Fsp3) is 0.588. The van der Waals surface area contributed by atoms with E-state index in [2.05, 4.69) is 50.7 Å². The lowest BCUT2D eigenvalue weighted by atomic mass is 9.73. The van der Waals surface area contributed by atoms with Crippen LogP contribution in [0.25, 0.3) is 0 Å². The van der Waals surface area contributed by atoms with Crippen LogP contribution in [-0.2, 0) is 6.42 Å². The minimum Gasteiger partial charge on any atom is -0.393 e. The van der Waals surface area contributed by atoms with Crippen molar-refractivity contribution in [2.24, 2.45) is 5.41 Å². The first kappa shape index (κ1) is 18.1. The molecule has 1 aliphatic rings. The third kappa shape index (κ3) is 4.26. The molecular weight excluding hydrogens is 334 g/mol. The van der Waals surface area contributed by atoms with E-state index in [4.69, 9.17) is 4.52 Å². The Morgan fingerprint density at radius 2 is 2.23 bits per heavy atom. The van der Waals surface area contributed by atoms with Crippen molar-refractivity contribution >= 4 is 11.8 Å². The summed E-state index contributed by atoms with van der Waals surface area (Å²) in [6.45, 7) is 4.66. The highest BCUT2D eigenvalue weighted by atomic mass is 16.5. The van der Waals surface area contributed by atoms with Crippen molar-refractivity contribution in [2.45, 2.75) is 51.7 Å². The van der Waals surface area contributed by atoms with Crippen LogP contribution < -0.4 is 10.6 Å². The Morgan fingerprint density at radius 1 is 1.38 bits per heavy atom. The maximum atomic E-state index is 10.1. The average molecular weight is 357 g/mol. The summed E-state index contributed by atoms with van der Waals surface area (Å²) in [6, 6.07) is 2.28. The maximum absolute atomic E-state index is 10.1. The summed E-state index contributed by atoms with van der Waals surface area (Å²) in [5.74, 6) is 1.55. The largest absolute Gasteiger partial charge is 0.393 e. The van der Waals surface area contributed by atoms with Gasteiger partial charge in [-0.15, -0.1) is 0 Å². The highest BCUT2D eigenvalue weighted by molar-refractivity contribution is 5.54. The lowest BCUT2D eigenvalue weighted by Gasteiger charge is -2.40. The van der Waals surface area contributed by atoms with Crippen molar-refractivity contribution in [1.82, 2.24) is 20.1 Å². The van der Waals surface area contributed by atoms with Crippen LogP contribution in [0.2, 0.25) is 0 Å². The standard InChI is InChI=1S/C17H23N7O2/c1-17(2)7-12(3-4-13(17)25)22-15-11(8-18)9-20-16(23-15)19-6-5-14-21-10-26-24-14/h9-10,12-13,25H,3-7H2,1-2H3,(H2,19,20,22,23)/t12-,13+/m1/s1. The van der Waals surface area contributed by atoms with Gasteiger partial charge in [0.1, 0.15) is 17.5 Å². The molecule has 26 heavy (non-hydrogen) atoms. The highest BCUT2D eigenvalue weighted by Crippen LogP contribution is 2.36. The van der Waals surface area contributed by atoms with Gasteiger partial charge in [-0.25, -0.2) is 4.98 Å². The van der Waals surface area contributed by atoms with Crippen LogP contribution in [0.4, 0.5) is 11.8 Å². The molecule has 3 N–H and O–H groups in total. The molecule has 1 fully saturated rings. The number of nitriles is 1. The third-order valence-corrected chi connectivity index (χ3v) is 4.75. The van der Waals surface area contributed by atoms with E-state index in [1.54, 1.807) is 0 Å². The number of nitrogens with one attached hydrogen (secondary N) is 2. The molecule has 0 saturated heterocycles. The van der Waals surface area contributed by atoms with E-state index < -0.39 is 0 Å². The quantitative estimate of drug-likeness (QED) is 0.706. The molecule has 0 unspecified atom stereocenters. The molecule has 9 nitrogen and oxygen atoms in total. The molecule has 2 heterocycles. The average Bonchev–Trinajstić information content (AvgIpc) is 3.12. The van der Waals surface area contributed by atoms with Gasteiger partial charge in [0.05, 0.1) is 12.3 Å². The first-order chi connectivity index (χ1) is 12.5. The van der Waals surface area contributed by atoms with Gasteiger partial charge < -0.3 is 20.3 Å². The molecule has 138 valence electrons. The van der Waals surface area contributed by atoms with Crippen LogP contribution in [0.3, 0.4) is 0 Å². The number of aliphatic hydroxyl groups excluding tert-OH is 1. The van der Waals surface area contributed by atoms with Crippen molar-refractivity contribution < 1.29 is 9.63 Å². The van der Waals surface area contributed by atoms with Crippen LogP contribution in [0, 0.1) is 16.7 Å². The Balaban J connectivity index is 1.65. The second kappa shape index (κ2) is 7.66. The Labute approximate surface area is 151 Å². The molecule has 0 bridgehead atoms. The predicted octanol–water partition coefficient (Wildman–Crippen LogP) is 1.74. The summed E-state index contributed by atoms with van der Waals surface area (Å²) in [4.78, 5) is 12.6. The van der Waals surface area contributed by atoms with Crippen molar-refractivity contribution in [3.05, 3.63) is 24.0 Å². The number of anilines is 2. The third-order valence-electron chi connectivity index (χ3n) is 4.75. The Bertz CT molecular complexity index is 770. The second-order valence-electron chi connectivity index (χ2n) is 7.22. The molecule has 0 aliphatic heterocycles. The van der Waals surface area contributed by atoms with Crippen LogP contribution in [-0.4, -0.2) is 43.9 Å². The van der Waals surface area contributed by atoms with Gasteiger partial charge in [-0.3, -0.25) is 0 Å². The minimum atomic E-state index is -0.302. The topological polar surface area (TPSA) is 133 Å². The summed E-state index contributed by atoms with van der Waals surface area (Å²) < 4.78 is 4.69. The van der Waals surface area contributed by atoms with Crippen LogP contribution in [0.5, 0.6) is 0 Å². The Morgan fingerprint density at radius 3 is 2.92 bits per heavy atom. The molecule has 2 aromatic rings. The van der Waals surface area contributed by atoms with E-state index in [0.717, 1.165) is 19.3 Å². The fourth-order valence-corrected chi connectivity index (χ4v) is 3.19. The Kier molecular flexibility index (Phi) is 5.32. The summed E-state index contributed by atoms with van der Waals surface area (Å²) in [5, 5.41) is 29.6. The summed E-state index contributed by atoms with van der Waals surface area (Å²) in [5.41, 5.74) is 0.235. The number of nitrogens with zero attached hydrogens (tertiary/aromatic N) is 5. The van der Waals surface area contributed by atoms with Gasteiger partial charge in [-0.05, 0) is 24.7 Å². The predicted molar refractivity (Wildman–Crippen MR) is 94.3 cm³/mol. The monoisotopic (exact) mass is 357 g/mol. The number of hydrogen-bond donors (Lipinski definition) is 3. The van der Waals surface area contributed by atoms with Gasteiger partial charge in [0.25, 0.3) is 0 Å². The number of aliphatic hydroxyl groups is 1. The van der Waals surface area contributed by atoms with E-state index >= 15 is 0 Å². The zero-order chi connectivity index (χ0) is 18.6. The fourth-order valence-electron chi connectivity index (χ4n) is 3.19. The van der Waals surface area contributed by atoms with Gasteiger partial charge in [-0.1, -0.05) is 19.0 Å². The molecule has 0 aromatic carbocycles. The van der Waals surface area contributed by atoms with E-state index in [0.29, 0.717) is 36.1 Å². The minimum absolute atomic E-state index is 0.155. The molecule has 9 heteroatoms. The smallest absolute Gasteiger partial charge is 0.224 e. The normalized spacial score (nSPS) is 21.8. The second-order valence-corrected chi connectivity index (χ2v) is 7.22. The maximum Gasteiger partial charge on any atom is 0.224 e. The zero-order valence-electron chi connectivity index (χ0n) is 14.9. The molecule has 1 aliphatic carbocycles. The molecule has 3 rings (SSSR count). The lowest BCUT2D eigenvalue weighted by molar-refractivity contribution is 0.00926. The van der Waals surface area contributed by atoms with Crippen LogP contribution in [0.1, 0.15) is 44.5 Å². The summed E-state index contributed by atoms with van der Waals surface area (Å²) >= 11 is 0. The van der Waals surface area contributed by atoms with E-state index in [1.165, 1.54) is 12.6 Å². The molecular formula is C17H23N7O2. The first-order valence-electron chi connectivity index (χ1n) is 8.69. The van der Waals surface area contributed by atoms with Crippen LogP contribution in [0.15, 0.2) is 17.1 Å². The molecule has 1 saturated carbocycles. The number of rotatable bonds is 6. The van der Waals surface area contributed by atoms with E-state index in [1.807, 2.05) is 0 Å². The first-order valence-corrected chi connectivity index (χ1v) is 8.69. The van der Waals surface area contributed by atoms with E-state index in [9.17, 15) is 10.4 Å². The summed E-state index contributed by atoms with van der Waals surface area (Å²) in [6.07, 6.45) is 5.45. The van der Waals surface area contributed by atoms with Crippen molar-refractivity contribution in [1.29, 1.82) is 5.26 Å². The number of aromatic nitrogens is 4. The van der Waals surface area contributed by atoms with Crippen molar-refractivity contribution in [3.8, 4) is 6.07 Å². The molecule has 0 spiro atoms. The van der Waals surface area contributed by atoms with Gasteiger partial charge in [0.2, 0.25) is 12.3 Å². The van der Waals surface area contributed by atoms with Gasteiger partial charge in [0, 0.05) is 19.0 Å². The molecule has 2 atom stereocenters. The highest BCUT2D eigenvalue weighted by Gasteiger charge is 2.35. The van der Waals surface area contributed by atoms with Gasteiger partial charge >= 0.3 is 0 Å². The van der Waals surface area contributed by atoms with Crippen LogP contribution >= 0.6 is 0 Å². The van der Waals surface area contributed by atoms with E-state index in [-0.39, 0.29) is 17.6 Å². The van der Waals surface area contributed by atoms with Crippen molar-refractivity contribution in [2.75, 3.05) is 17.2 Å². The Hall–Kier alpha value is -2.73. The number of hydrogen-bond acceptors (Lipinski definition) is 9. The molecule has 2 aromatic heterocycles. The lowest BCUT2D eigenvalue weighted by Crippen LogP contribution is -2.41. The van der Waals surface area contributed by atoms with Gasteiger partial charge in [-0.2, -0.15) is 15.2 Å².